The molecular formula is C30H27BrClN3O5S. The van der Waals surface area contributed by atoms with Crippen LogP contribution in [0, 0.1) is 6.92 Å². The molecule has 8 nitrogen and oxygen atoms in total. The summed E-state index contributed by atoms with van der Waals surface area (Å²) in [6.07, 6.45) is 1.46. The SMILES string of the molecule is COc1ccc(S(=O)(=O)N(CC(=O)N/N=C\c2ccc(OCc3cccc(Cl)c3)cc2)c2ccc(C)cc2)cc1Br. The van der Waals surface area contributed by atoms with Crippen LogP contribution in [0.25, 0.3) is 0 Å². The Hall–Kier alpha value is -3.86. The minimum atomic E-state index is -4.11. The Labute approximate surface area is 252 Å². The van der Waals surface area contributed by atoms with E-state index in [1.54, 1.807) is 60.7 Å². The molecule has 212 valence electrons. The van der Waals surface area contributed by atoms with E-state index >= 15 is 0 Å². The molecule has 4 rings (SSSR count). The number of carbonyl (C=O) groups is 1. The first-order valence-corrected chi connectivity index (χ1v) is 15.0. The molecule has 0 fully saturated rings. The average Bonchev–Trinajstić information content (AvgIpc) is 2.96. The number of nitrogens with one attached hydrogen (secondary N) is 1. The number of hydrogen-bond acceptors (Lipinski definition) is 6. The first-order chi connectivity index (χ1) is 19.7. The van der Waals surface area contributed by atoms with Gasteiger partial charge in [-0.3, -0.25) is 9.10 Å². The van der Waals surface area contributed by atoms with E-state index in [4.69, 9.17) is 21.1 Å². The van der Waals surface area contributed by atoms with Crippen LogP contribution in [0.15, 0.2) is 105 Å². The Kier molecular flexibility index (Phi) is 10.0. The van der Waals surface area contributed by atoms with Gasteiger partial charge in [0.15, 0.2) is 0 Å². The molecule has 4 aromatic rings. The van der Waals surface area contributed by atoms with Gasteiger partial charge in [0.05, 0.1) is 28.4 Å². The van der Waals surface area contributed by atoms with Crippen molar-refractivity contribution < 1.29 is 22.7 Å². The van der Waals surface area contributed by atoms with Crippen LogP contribution in [0.2, 0.25) is 5.02 Å². The molecule has 0 aliphatic heterocycles. The molecule has 0 spiro atoms. The van der Waals surface area contributed by atoms with Crippen LogP contribution in [0.5, 0.6) is 11.5 Å². The van der Waals surface area contributed by atoms with Crippen molar-refractivity contribution in [3.63, 3.8) is 0 Å². The third kappa shape index (κ3) is 8.09. The van der Waals surface area contributed by atoms with Crippen molar-refractivity contribution in [3.05, 3.63) is 117 Å². The molecule has 0 bridgehead atoms. The quantitative estimate of drug-likeness (QED) is 0.150. The molecule has 11 heteroatoms. The number of amides is 1. The predicted molar refractivity (Wildman–Crippen MR) is 164 cm³/mol. The minimum Gasteiger partial charge on any atom is -0.496 e. The molecule has 0 atom stereocenters. The maximum absolute atomic E-state index is 13.6. The number of hydrazone groups is 1. The van der Waals surface area contributed by atoms with E-state index in [0.29, 0.717) is 38.9 Å². The maximum Gasteiger partial charge on any atom is 0.264 e. The molecule has 0 saturated heterocycles. The summed E-state index contributed by atoms with van der Waals surface area (Å²) in [5.74, 6) is 0.536. The number of hydrogen-bond donors (Lipinski definition) is 1. The maximum atomic E-state index is 13.6. The number of nitrogens with zero attached hydrogens (tertiary/aromatic N) is 2. The Bertz CT molecular complexity index is 1650. The van der Waals surface area contributed by atoms with Gasteiger partial charge in [-0.05, 0) is 101 Å². The normalized spacial score (nSPS) is 11.3. The summed E-state index contributed by atoms with van der Waals surface area (Å²) in [7, 11) is -2.62. The van der Waals surface area contributed by atoms with Gasteiger partial charge >= 0.3 is 0 Å². The summed E-state index contributed by atoms with van der Waals surface area (Å²) in [6.45, 7) is 1.78. The fourth-order valence-electron chi connectivity index (χ4n) is 3.75. The third-order valence-electron chi connectivity index (χ3n) is 5.90. The van der Waals surface area contributed by atoms with Gasteiger partial charge in [-0.2, -0.15) is 5.10 Å². The molecule has 0 saturated carbocycles. The van der Waals surface area contributed by atoms with Gasteiger partial charge in [-0.15, -0.1) is 0 Å². The lowest BCUT2D eigenvalue weighted by atomic mass is 10.2. The van der Waals surface area contributed by atoms with E-state index in [2.05, 4.69) is 26.5 Å². The monoisotopic (exact) mass is 655 g/mol. The summed E-state index contributed by atoms with van der Waals surface area (Å²) in [5.41, 5.74) is 5.37. The fourth-order valence-corrected chi connectivity index (χ4v) is 6.10. The van der Waals surface area contributed by atoms with Crippen LogP contribution in [0.4, 0.5) is 5.69 Å². The molecule has 0 radical (unpaired) electrons. The molecule has 1 amide bonds. The lowest BCUT2D eigenvalue weighted by Crippen LogP contribution is -2.39. The van der Waals surface area contributed by atoms with Gasteiger partial charge in [-0.1, -0.05) is 41.4 Å². The largest absolute Gasteiger partial charge is 0.496 e. The Morgan fingerprint density at radius 1 is 1.02 bits per heavy atom. The number of sulfonamides is 1. The number of carbonyl (C=O) groups excluding carboxylic acids is 1. The molecule has 0 heterocycles. The third-order valence-corrected chi connectivity index (χ3v) is 8.52. The van der Waals surface area contributed by atoms with Crippen LogP contribution in [-0.4, -0.2) is 34.2 Å². The van der Waals surface area contributed by atoms with E-state index in [0.717, 1.165) is 15.4 Å². The van der Waals surface area contributed by atoms with E-state index in [9.17, 15) is 13.2 Å². The standard InChI is InChI=1S/C30H27BrClN3O5S/c1-21-6-10-25(11-7-21)35(41(37,38)27-14-15-29(39-2)28(31)17-27)19-30(36)34-33-18-22-8-12-26(13-9-22)40-20-23-4-3-5-24(32)16-23/h3-18H,19-20H2,1-2H3,(H,34,36)/b33-18-. The second-order valence-corrected chi connectivity index (χ2v) is 12.1. The highest BCUT2D eigenvalue weighted by Gasteiger charge is 2.28. The van der Waals surface area contributed by atoms with E-state index in [1.165, 1.54) is 25.5 Å². The Morgan fingerprint density at radius 3 is 2.41 bits per heavy atom. The van der Waals surface area contributed by atoms with E-state index in [1.807, 2.05) is 25.1 Å². The van der Waals surface area contributed by atoms with Gasteiger partial charge < -0.3 is 9.47 Å². The van der Waals surface area contributed by atoms with Crippen molar-refractivity contribution in [2.75, 3.05) is 18.0 Å². The molecule has 0 unspecified atom stereocenters. The number of anilines is 1. The van der Waals surface area contributed by atoms with Crippen LogP contribution >= 0.6 is 27.5 Å². The molecule has 4 aromatic carbocycles. The predicted octanol–water partition coefficient (Wildman–Crippen LogP) is 6.34. The number of methoxy groups -OCH3 is 1. The highest BCUT2D eigenvalue weighted by Crippen LogP contribution is 2.30. The molecule has 41 heavy (non-hydrogen) atoms. The van der Waals surface area contributed by atoms with Crippen LogP contribution in [0.1, 0.15) is 16.7 Å². The summed E-state index contributed by atoms with van der Waals surface area (Å²) >= 11 is 9.34. The molecule has 0 aromatic heterocycles. The average molecular weight is 657 g/mol. The molecule has 0 aliphatic carbocycles. The number of ether oxygens (including phenoxy) is 2. The van der Waals surface area contributed by atoms with Gasteiger partial charge in [0.25, 0.3) is 15.9 Å². The smallest absolute Gasteiger partial charge is 0.264 e. The summed E-state index contributed by atoms with van der Waals surface area (Å²) in [5, 5.41) is 4.65. The summed E-state index contributed by atoms with van der Waals surface area (Å²) < 4.78 is 39.7. The molecular weight excluding hydrogens is 630 g/mol. The van der Waals surface area contributed by atoms with Crippen molar-refractivity contribution in [1.29, 1.82) is 0 Å². The lowest BCUT2D eigenvalue weighted by molar-refractivity contribution is -0.119. The second kappa shape index (κ2) is 13.7. The zero-order valence-corrected chi connectivity index (χ0v) is 25.4. The van der Waals surface area contributed by atoms with Gasteiger partial charge in [0, 0.05) is 5.02 Å². The van der Waals surface area contributed by atoms with Crippen LogP contribution in [-0.2, 0) is 21.4 Å². The number of halogens is 2. The van der Waals surface area contributed by atoms with Crippen molar-refractivity contribution >= 4 is 55.4 Å². The van der Waals surface area contributed by atoms with Crippen molar-refractivity contribution in [2.24, 2.45) is 5.10 Å². The second-order valence-electron chi connectivity index (χ2n) is 8.92. The van der Waals surface area contributed by atoms with Gasteiger partial charge in [0.1, 0.15) is 24.7 Å². The zero-order valence-electron chi connectivity index (χ0n) is 22.3. The van der Waals surface area contributed by atoms with Gasteiger partial charge in [0.2, 0.25) is 0 Å². The van der Waals surface area contributed by atoms with Gasteiger partial charge in [-0.25, -0.2) is 13.8 Å². The van der Waals surface area contributed by atoms with Crippen molar-refractivity contribution in [2.45, 2.75) is 18.4 Å². The zero-order chi connectivity index (χ0) is 29.4. The molecule has 1 N–H and O–H groups in total. The summed E-state index contributed by atoms with van der Waals surface area (Å²) in [6, 6.07) is 25.8. The Morgan fingerprint density at radius 2 is 1.76 bits per heavy atom. The van der Waals surface area contributed by atoms with Crippen molar-refractivity contribution in [1.82, 2.24) is 5.43 Å². The van der Waals surface area contributed by atoms with Crippen LogP contribution < -0.4 is 19.2 Å². The first kappa shape index (κ1) is 30.1. The minimum absolute atomic E-state index is 0.000258. The fraction of sp³-hybridized carbons (Fsp3) is 0.133. The van der Waals surface area contributed by atoms with E-state index in [-0.39, 0.29) is 4.90 Å². The number of aryl methyl sites for hydroxylation is 1. The summed E-state index contributed by atoms with van der Waals surface area (Å²) in [4.78, 5) is 12.8. The van der Waals surface area contributed by atoms with Crippen LogP contribution in [0.3, 0.4) is 0 Å². The van der Waals surface area contributed by atoms with E-state index < -0.39 is 22.5 Å². The highest BCUT2D eigenvalue weighted by molar-refractivity contribution is 9.10. The van der Waals surface area contributed by atoms with Crippen molar-refractivity contribution in [3.8, 4) is 11.5 Å². The topological polar surface area (TPSA) is 97.3 Å². The number of benzene rings is 4. The first-order valence-electron chi connectivity index (χ1n) is 12.4. The lowest BCUT2D eigenvalue weighted by Gasteiger charge is -2.24. The number of rotatable bonds is 11. The highest BCUT2D eigenvalue weighted by atomic mass is 79.9. The Balaban J connectivity index is 1.43. The molecule has 0 aliphatic rings.